The molecule has 1 aliphatic heterocycles. The number of anilines is 1. The van der Waals surface area contributed by atoms with Crippen LogP contribution in [-0.2, 0) is 0 Å². The summed E-state index contributed by atoms with van der Waals surface area (Å²) in [5.41, 5.74) is 0.867. The molecule has 6 nitrogen and oxygen atoms in total. The number of ether oxygens (including phenoxy) is 1. The standard InChI is InChI=1S/C21H25F3N4O2/c1-3-15(12-6-8-14(30-2)9-7-12)26-20(29)17-11-19-25-16(13-4-5-13)10-18(21(22,23)24)28(19)27-17/h6-9,11,13,15-16,18,25H,3-5,10H2,1-2H3,(H,26,29)/t15-,16+,18-/m1/s1. The highest BCUT2D eigenvalue weighted by atomic mass is 19.4. The van der Waals surface area contributed by atoms with Gasteiger partial charge in [0.1, 0.15) is 11.6 Å². The fraction of sp³-hybridized carbons (Fsp3) is 0.524. The monoisotopic (exact) mass is 422 g/mol. The van der Waals surface area contributed by atoms with E-state index in [2.05, 4.69) is 15.7 Å². The Kier molecular flexibility index (Phi) is 5.38. The molecule has 3 atom stereocenters. The Morgan fingerprint density at radius 2 is 2.03 bits per heavy atom. The van der Waals surface area contributed by atoms with Crippen molar-refractivity contribution in [3.05, 3.63) is 41.6 Å². The van der Waals surface area contributed by atoms with Crippen molar-refractivity contribution in [1.29, 1.82) is 0 Å². The number of nitrogens with one attached hydrogen (secondary N) is 2. The molecule has 1 fully saturated rings. The van der Waals surface area contributed by atoms with Crippen LogP contribution in [0.15, 0.2) is 30.3 Å². The summed E-state index contributed by atoms with van der Waals surface area (Å²) in [4.78, 5) is 12.8. The molecule has 9 heteroatoms. The first-order valence-electron chi connectivity index (χ1n) is 10.2. The number of carbonyl (C=O) groups excluding carboxylic acids is 1. The van der Waals surface area contributed by atoms with E-state index in [1.165, 1.54) is 6.07 Å². The maximum atomic E-state index is 13.6. The van der Waals surface area contributed by atoms with Crippen LogP contribution in [-0.4, -0.2) is 35.0 Å². The summed E-state index contributed by atoms with van der Waals surface area (Å²) in [5, 5.41) is 10.1. The smallest absolute Gasteiger partial charge is 0.410 e. The minimum absolute atomic E-state index is 0.0184. The zero-order chi connectivity index (χ0) is 21.5. The number of hydrogen-bond acceptors (Lipinski definition) is 4. The van der Waals surface area contributed by atoms with Crippen LogP contribution in [0.25, 0.3) is 0 Å². The predicted molar refractivity (Wildman–Crippen MR) is 106 cm³/mol. The molecule has 2 N–H and O–H groups in total. The fourth-order valence-electron chi connectivity index (χ4n) is 4.01. The first-order chi connectivity index (χ1) is 14.3. The number of amides is 1. The lowest BCUT2D eigenvalue weighted by atomic mass is 10.0. The summed E-state index contributed by atoms with van der Waals surface area (Å²) in [6.45, 7) is 1.93. The van der Waals surface area contributed by atoms with Gasteiger partial charge in [-0.2, -0.15) is 18.3 Å². The molecule has 0 saturated heterocycles. The Hall–Kier alpha value is -2.71. The molecule has 0 radical (unpaired) electrons. The van der Waals surface area contributed by atoms with Gasteiger partial charge in [-0.3, -0.25) is 4.79 Å². The minimum atomic E-state index is -4.42. The van der Waals surface area contributed by atoms with Gasteiger partial charge in [0.25, 0.3) is 5.91 Å². The van der Waals surface area contributed by atoms with E-state index in [1.807, 2.05) is 19.1 Å². The van der Waals surface area contributed by atoms with Gasteiger partial charge in [-0.15, -0.1) is 0 Å². The van der Waals surface area contributed by atoms with Crippen LogP contribution in [0, 0.1) is 5.92 Å². The summed E-state index contributed by atoms with van der Waals surface area (Å²) in [5.74, 6) is 0.722. The predicted octanol–water partition coefficient (Wildman–Crippen LogP) is 4.47. The van der Waals surface area contributed by atoms with Crippen molar-refractivity contribution >= 4 is 11.7 Å². The number of rotatable bonds is 6. The number of fused-ring (bicyclic) bond motifs is 1. The van der Waals surface area contributed by atoms with Crippen LogP contribution in [0.4, 0.5) is 19.0 Å². The lowest BCUT2D eigenvalue weighted by molar-refractivity contribution is -0.174. The number of aromatic nitrogens is 2. The Labute approximate surface area is 172 Å². The lowest BCUT2D eigenvalue weighted by Gasteiger charge is -2.33. The molecule has 1 amide bonds. The van der Waals surface area contributed by atoms with E-state index in [-0.39, 0.29) is 35.9 Å². The average molecular weight is 422 g/mol. The summed E-state index contributed by atoms with van der Waals surface area (Å²) < 4.78 is 47.0. The number of hydrogen-bond donors (Lipinski definition) is 2. The average Bonchev–Trinajstić information content (AvgIpc) is 3.49. The molecular weight excluding hydrogens is 397 g/mol. The molecule has 1 saturated carbocycles. The van der Waals surface area contributed by atoms with Crippen molar-refractivity contribution < 1.29 is 22.7 Å². The van der Waals surface area contributed by atoms with Crippen molar-refractivity contribution in [1.82, 2.24) is 15.1 Å². The number of nitrogens with zero attached hydrogens (tertiary/aromatic N) is 2. The maximum Gasteiger partial charge on any atom is 0.410 e. The van der Waals surface area contributed by atoms with Crippen molar-refractivity contribution in [3.63, 3.8) is 0 Å². The van der Waals surface area contributed by atoms with E-state index in [0.717, 1.165) is 23.1 Å². The van der Waals surface area contributed by atoms with Crippen LogP contribution in [0.3, 0.4) is 0 Å². The molecule has 1 aromatic heterocycles. The Morgan fingerprint density at radius 1 is 1.33 bits per heavy atom. The van der Waals surface area contributed by atoms with Gasteiger partial charge in [-0.05, 0) is 49.3 Å². The number of halogens is 3. The third-order valence-electron chi connectivity index (χ3n) is 5.87. The normalized spacial score (nSPS) is 22.0. The van der Waals surface area contributed by atoms with Crippen molar-refractivity contribution in [2.45, 2.75) is 56.9 Å². The zero-order valence-electron chi connectivity index (χ0n) is 16.9. The second-order valence-electron chi connectivity index (χ2n) is 7.95. The molecule has 2 aliphatic rings. The van der Waals surface area contributed by atoms with Gasteiger partial charge in [0.05, 0.1) is 13.2 Å². The molecule has 2 aromatic rings. The molecule has 4 rings (SSSR count). The van der Waals surface area contributed by atoms with Crippen molar-refractivity contribution in [2.75, 3.05) is 12.4 Å². The van der Waals surface area contributed by atoms with Gasteiger partial charge < -0.3 is 15.4 Å². The van der Waals surface area contributed by atoms with E-state index in [4.69, 9.17) is 4.74 Å². The zero-order valence-corrected chi connectivity index (χ0v) is 16.9. The van der Waals surface area contributed by atoms with Crippen LogP contribution >= 0.6 is 0 Å². The second kappa shape index (κ2) is 7.85. The van der Waals surface area contributed by atoms with Gasteiger partial charge >= 0.3 is 6.18 Å². The van der Waals surface area contributed by atoms with Gasteiger partial charge in [-0.1, -0.05) is 19.1 Å². The fourth-order valence-corrected chi connectivity index (χ4v) is 4.01. The van der Waals surface area contributed by atoms with E-state index < -0.39 is 18.1 Å². The Bertz CT molecular complexity index is 906. The highest BCUT2D eigenvalue weighted by Gasteiger charge is 2.49. The summed E-state index contributed by atoms with van der Waals surface area (Å²) in [6.07, 6.45) is -1.99. The largest absolute Gasteiger partial charge is 0.497 e. The first-order valence-corrected chi connectivity index (χ1v) is 10.2. The molecular formula is C21H25F3N4O2. The molecule has 30 heavy (non-hydrogen) atoms. The van der Waals surface area contributed by atoms with E-state index >= 15 is 0 Å². The Balaban J connectivity index is 1.54. The number of alkyl halides is 3. The molecule has 0 unspecified atom stereocenters. The van der Waals surface area contributed by atoms with Crippen LogP contribution in [0.1, 0.15) is 60.7 Å². The molecule has 1 aromatic carbocycles. The van der Waals surface area contributed by atoms with Gasteiger partial charge in [0.15, 0.2) is 11.7 Å². The quantitative estimate of drug-likeness (QED) is 0.721. The minimum Gasteiger partial charge on any atom is -0.497 e. The van der Waals surface area contributed by atoms with E-state index in [0.29, 0.717) is 12.2 Å². The number of methoxy groups -OCH3 is 1. The molecule has 162 valence electrons. The number of benzene rings is 1. The first kappa shape index (κ1) is 20.6. The van der Waals surface area contributed by atoms with Gasteiger partial charge in [0, 0.05) is 12.1 Å². The van der Waals surface area contributed by atoms with Gasteiger partial charge in [0.2, 0.25) is 0 Å². The maximum absolute atomic E-state index is 13.6. The lowest BCUT2D eigenvalue weighted by Crippen LogP contribution is -2.40. The van der Waals surface area contributed by atoms with Crippen LogP contribution in [0.2, 0.25) is 0 Å². The van der Waals surface area contributed by atoms with Crippen LogP contribution < -0.4 is 15.4 Å². The molecule has 1 aliphatic carbocycles. The van der Waals surface area contributed by atoms with Crippen molar-refractivity contribution in [3.8, 4) is 5.75 Å². The van der Waals surface area contributed by atoms with Gasteiger partial charge in [-0.25, -0.2) is 4.68 Å². The Morgan fingerprint density at radius 3 is 2.60 bits per heavy atom. The summed E-state index contributed by atoms with van der Waals surface area (Å²) in [7, 11) is 1.57. The molecule has 0 spiro atoms. The summed E-state index contributed by atoms with van der Waals surface area (Å²) >= 11 is 0. The third-order valence-corrected chi connectivity index (χ3v) is 5.87. The van der Waals surface area contributed by atoms with Crippen LogP contribution in [0.5, 0.6) is 5.75 Å². The number of carbonyl (C=O) groups is 1. The SMILES string of the molecule is CC[C@@H](NC(=O)c1cc2n(n1)[C@@H](C(F)(F)F)C[C@@H](C1CC1)N2)c1ccc(OC)cc1. The molecule has 2 heterocycles. The second-order valence-corrected chi connectivity index (χ2v) is 7.95. The van der Waals surface area contributed by atoms with E-state index in [9.17, 15) is 18.0 Å². The highest BCUT2D eigenvalue weighted by molar-refractivity contribution is 5.93. The van der Waals surface area contributed by atoms with E-state index in [1.54, 1.807) is 19.2 Å². The topological polar surface area (TPSA) is 68.2 Å². The summed E-state index contributed by atoms with van der Waals surface area (Å²) in [6, 6.07) is 6.49. The third kappa shape index (κ3) is 4.11. The molecule has 0 bridgehead atoms. The van der Waals surface area contributed by atoms with Crippen molar-refractivity contribution in [2.24, 2.45) is 5.92 Å². The highest BCUT2D eigenvalue weighted by Crippen LogP contribution is 2.45.